The molecule has 0 bridgehead atoms. The Morgan fingerprint density at radius 3 is 2.22 bits per heavy atom. The molecule has 1 aromatic rings. The first kappa shape index (κ1) is 14.2. The standard InChI is InChI=1S/C12H11F4NO/c1-7(18)11(15)6-17(2)5-8-3-9(13)12(16)10(14)4-8/h3-4,6H,5H2,1-2H3/b11-6+. The third kappa shape index (κ3) is 3.58. The number of hydrogen-bond acceptors (Lipinski definition) is 2. The molecule has 1 rings (SSSR count). The summed E-state index contributed by atoms with van der Waals surface area (Å²) >= 11 is 0. The average Bonchev–Trinajstić information content (AvgIpc) is 2.25. The number of Topliss-reactive ketones (excluding diaryl/α,β-unsaturated/α-hetero) is 1. The molecular weight excluding hydrogens is 250 g/mol. The molecule has 0 amide bonds. The Hall–Kier alpha value is -1.85. The molecular formula is C12H11F4NO. The molecule has 0 N–H and O–H groups in total. The van der Waals surface area contributed by atoms with E-state index in [1.807, 2.05) is 0 Å². The van der Waals surface area contributed by atoms with Crippen LogP contribution in [0.2, 0.25) is 0 Å². The molecule has 0 radical (unpaired) electrons. The largest absolute Gasteiger partial charge is 0.374 e. The van der Waals surface area contributed by atoms with E-state index in [0.29, 0.717) is 0 Å². The highest BCUT2D eigenvalue weighted by molar-refractivity contribution is 5.90. The molecule has 0 aromatic heterocycles. The Labute approximate surface area is 102 Å². The number of ketones is 1. The van der Waals surface area contributed by atoms with Crippen LogP contribution < -0.4 is 0 Å². The van der Waals surface area contributed by atoms with Crippen LogP contribution >= 0.6 is 0 Å². The zero-order valence-corrected chi connectivity index (χ0v) is 9.81. The highest BCUT2D eigenvalue weighted by Gasteiger charge is 2.11. The SMILES string of the molecule is CC(=O)/C(F)=C\N(C)Cc1cc(F)c(F)c(F)c1. The van der Waals surface area contributed by atoms with E-state index in [1.54, 1.807) is 0 Å². The number of halogens is 4. The Morgan fingerprint density at radius 1 is 1.28 bits per heavy atom. The van der Waals surface area contributed by atoms with Gasteiger partial charge < -0.3 is 4.90 Å². The fourth-order valence-corrected chi connectivity index (χ4v) is 1.32. The van der Waals surface area contributed by atoms with Crippen molar-refractivity contribution in [2.24, 2.45) is 0 Å². The molecule has 0 spiro atoms. The predicted octanol–water partition coefficient (Wildman–Crippen LogP) is 2.94. The number of hydrogen-bond donors (Lipinski definition) is 0. The average molecular weight is 261 g/mol. The minimum Gasteiger partial charge on any atom is -0.374 e. The van der Waals surface area contributed by atoms with Gasteiger partial charge in [0, 0.05) is 26.7 Å². The number of carbonyl (C=O) groups excluding carboxylic acids is 1. The van der Waals surface area contributed by atoms with Crippen molar-refractivity contribution in [1.29, 1.82) is 0 Å². The van der Waals surface area contributed by atoms with Crippen molar-refractivity contribution in [2.75, 3.05) is 7.05 Å². The lowest BCUT2D eigenvalue weighted by atomic mass is 10.2. The number of allylic oxidation sites excluding steroid dienone is 1. The van der Waals surface area contributed by atoms with E-state index in [0.717, 1.165) is 25.3 Å². The van der Waals surface area contributed by atoms with Gasteiger partial charge in [0.2, 0.25) is 0 Å². The van der Waals surface area contributed by atoms with Gasteiger partial charge in [-0.3, -0.25) is 4.79 Å². The Balaban J connectivity index is 2.86. The summed E-state index contributed by atoms with van der Waals surface area (Å²) in [4.78, 5) is 11.9. The molecule has 0 aliphatic rings. The van der Waals surface area contributed by atoms with Gasteiger partial charge in [-0.05, 0) is 17.7 Å². The van der Waals surface area contributed by atoms with E-state index in [2.05, 4.69) is 0 Å². The van der Waals surface area contributed by atoms with Crippen molar-refractivity contribution in [3.63, 3.8) is 0 Å². The summed E-state index contributed by atoms with van der Waals surface area (Å²) in [5, 5.41) is 0. The topological polar surface area (TPSA) is 20.3 Å². The quantitative estimate of drug-likeness (QED) is 0.472. The van der Waals surface area contributed by atoms with Crippen molar-refractivity contribution in [1.82, 2.24) is 4.90 Å². The summed E-state index contributed by atoms with van der Waals surface area (Å²) in [7, 11) is 1.42. The van der Waals surface area contributed by atoms with Crippen LogP contribution in [-0.4, -0.2) is 17.7 Å². The van der Waals surface area contributed by atoms with Crippen molar-refractivity contribution in [2.45, 2.75) is 13.5 Å². The van der Waals surface area contributed by atoms with E-state index >= 15 is 0 Å². The van der Waals surface area contributed by atoms with E-state index in [1.165, 1.54) is 11.9 Å². The molecule has 0 aliphatic heterocycles. The minimum absolute atomic E-state index is 0.0607. The Bertz CT molecular complexity index is 476. The number of benzene rings is 1. The Kier molecular flexibility index (Phi) is 4.47. The van der Waals surface area contributed by atoms with Gasteiger partial charge in [0.05, 0.1) is 0 Å². The first-order chi connectivity index (χ1) is 8.31. The monoisotopic (exact) mass is 261 g/mol. The summed E-state index contributed by atoms with van der Waals surface area (Å²) in [6, 6.07) is 1.63. The second kappa shape index (κ2) is 5.66. The van der Waals surface area contributed by atoms with E-state index in [9.17, 15) is 22.4 Å². The number of nitrogens with zero attached hydrogens (tertiary/aromatic N) is 1. The molecule has 18 heavy (non-hydrogen) atoms. The molecule has 1 aromatic carbocycles. The first-order valence-corrected chi connectivity index (χ1v) is 5.03. The van der Waals surface area contributed by atoms with Gasteiger partial charge in [-0.15, -0.1) is 0 Å². The minimum atomic E-state index is -1.55. The van der Waals surface area contributed by atoms with Gasteiger partial charge in [-0.2, -0.15) is 0 Å². The van der Waals surface area contributed by atoms with Crippen molar-refractivity contribution < 1.29 is 22.4 Å². The zero-order chi connectivity index (χ0) is 13.9. The fourth-order valence-electron chi connectivity index (χ4n) is 1.32. The maximum atomic E-state index is 13.0. The summed E-state index contributed by atoms with van der Waals surface area (Å²) in [6.45, 7) is 0.992. The smallest absolute Gasteiger partial charge is 0.194 e. The molecule has 6 heteroatoms. The molecule has 0 saturated carbocycles. The van der Waals surface area contributed by atoms with Gasteiger partial charge in [-0.1, -0.05) is 0 Å². The first-order valence-electron chi connectivity index (χ1n) is 5.03. The molecule has 2 nitrogen and oxygen atoms in total. The van der Waals surface area contributed by atoms with Crippen LogP contribution in [0.15, 0.2) is 24.2 Å². The lowest BCUT2D eigenvalue weighted by molar-refractivity contribution is -0.115. The second-order valence-corrected chi connectivity index (χ2v) is 3.82. The number of carbonyl (C=O) groups is 1. The lowest BCUT2D eigenvalue weighted by Gasteiger charge is -2.14. The maximum Gasteiger partial charge on any atom is 0.194 e. The van der Waals surface area contributed by atoms with Gasteiger partial charge in [0.1, 0.15) is 0 Å². The molecule has 0 fully saturated rings. The lowest BCUT2D eigenvalue weighted by Crippen LogP contribution is -2.12. The van der Waals surface area contributed by atoms with E-state index in [-0.39, 0.29) is 12.1 Å². The van der Waals surface area contributed by atoms with Crippen molar-refractivity contribution >= 4 is 5.78 Å². The van der Waals surface area contributed by atoms with Crippen LogP contribution in [0.3, 0.4) is 0 Å². The summed E-state index contributed by atoms with van der Waals surface area (Å²) in [6.07, 6.45) is 0.904. The zero-order valence-electron chi connectivity index (χ0n) is 9.81. The predicted molar refractivity (Wildman–Crippen MR) is 57.7 cm³/mol. The van der Waals surface area contributed by atoms with Gasteiger partial charge >= 0.3 is 0 Å². The molecule has 0 unspecified atom stereocenters. The van der Waals surface area contributed by atoms with Crippen LogP contribution in [0.1, 0.15) is 12.5 Å². The van der Waals surface area contributed by atoms with Crippen LogP contribution in [0.25, 0.3) is 0 Å². The van der Waals surface area contributed by atoms with E-state index < -0.39 is 29.1 Å². The third-order valence-corrected chi connectivity index (χ3v) is 2.15. The molecule has 0 aliphatic carbocycles. The van der Waals surface area contributed by atoms with Crippen molar-refractivity contribution in [3.05, 3.63) is 47.2 Å². The van der Waals surface area contributed by atoms with Crippen LogP contribution in [0.5, 0.6) is 0 Å². The Morgan fingerprint density at radius 2 is 1.78 bits per heavy atom. The summed E-state index contributed by atoms with van der Waals surface area (Å²) in [5.41, 5.74) is 0.126. The summed E-state index contributed by atoms with van der Waals surface area (Å²) in [5.74, 6) is -5.89. The highest BCUT2D eigenvalue weighted by Crippen LogP contribution is 2.15. The third-order valence-electron chi connectivity index (χ3n) is 2.15. The second-order valence-electron chi connectivity index (χ2n) is 3.82. The highest BCUT2D eigenvalue weighted by atomic mass is 19.2. The fraction of sp³-hybridized carbons (Fsp3) is 0.250. The molecule has 0 heterocycles. The molecule has 98 valence electrons. The molecule has 0 saturated heterocycles. The van der Waals surface area contributed by atoms with Crippen LogP contribution in [0.4, 0.5) is 17.6 Å². The maximum absolute atomic E-state index is 13.0. The van der Waals surface area contributed by atoms with Gasteiger partial charge in [0.15, 0.2) is 29.1 Å². The normalized spacial score (nSPS) is 11.6. The van der Waals surface area contributed by atoms with Crippen molar-refractivity contribution in [3.8, 4) is 0 Å². The van der Waals surface area contributed by atoms with Gasteiger partial charge in [-0.25, -0.2) is 17.6 Å². The molecule has 0 atom stereocenters. The van der Waals surface area contributed by atoms with Crippen LogP contribution in [-0.2, 0) is 11.3 Å². The van der Waals surface area contributed by atoms with Crippen LogP contribution in [0, 0.1) is 17.5 Å². The number of rotatable bonds is 4. The van der Waals surface area contributed by atoms with Gasteiger partial charge in [0.25, 0.3) is 0 Å². The summed E-state index contributed by atoms with van der Waals surface area (Å²) < 4.78 is 51.5. The van der Waals surface area contributed by atoms with E-state index in [4.69, 9.17) is 0 Å².